The Hall–Kier alpha value is -1.07. The Morgan fingerprint density at radius 2 is 2.25 bits per heavy atom. The lowest BCUT2D eigenvalue weighted by Crippen LogP contribution is -1.92. The molecule has 0 aliphatic rings. The highest BCUT2D eigenvalue weighted by Gasteiger charge is 2.07. The summed E-state index contributed by atoms with van der Waals surface area (Å²) in [5, 5.41) is 10.0. The monoisotopic (exact) mass is 207 g/mol. The summed E-state index contributed by atoms with van der Waals surface area (Å²) in [5.41, 5.74) is 4.35. The number of carboxylic acid groups (broad SMARTS) is 1. The molecule has 1 aromatic heterocycles. The van der Waals surface area contributed by atoms with Gasteiger partial charge in [0.15, 0.2) is 0 Å². The summed E-state index contributed by atoms with van der Waals surface area (Å²) in [4.78, 5) is 18.8. The van der Waals surface area contributed by atoms with E-state index in [0.717, 1.165) is 0 Å². The van der Waals surface area contributed by atoms with E-state index in [1.807, 2.05) is 0 Å². The number of primary amides is 1. The van der Waals surface area contributed by atoms with Gasteiger partial charge in [-0.2, -0.15) is 0 Å². The molecule has 0 saturated heterocycles. The minimum atomic E-state index is -0.971. The first-order valence-electron chi connectivity index (χ1n) is 2.75. The quantitative estimate of drug-likeness (QED) is 0.679. The molecule has 1 amide bonds. The number of halogens is 1. The number of amides is 1. The van der Waals surface area contributed by atoms with E-state index in [0.29, 0.717) is 4.34 Å². The highest BCUT2D eigenvalue weighted by atomic mass is 35.5. The van der Waals surface area contributed by atoms with Crippen LogP contribution >= 0.6 is 22.9 Å². The van der Waals surface area contributed by atoms with Crippen LogP contribution in [0.15, 0.2) is 11.4 Å². The van der Waals surface area contributed by atoms with Crippen LogP contribution in [0, 0.1) is 0 Å². The fraction of sp³-hybridized carbons (Fsp3) is 0. The van der Waals surface area contributed by atoms with Crippen molar-refractivity contribution in [2.24, 2.45) is 5.73 Å². The number of rotatable bonds is 1. The largest absolute Gasteiger partial charge is 0.478 e. The number of hydrogen-bond donors (Lipinski definition) is 2. The SMILES string of the molecule is NC=O.O=C(O)c1ccsc1Cl. The molecule has 3 N–H and O–H groups in total. The second kappa shape index (κ2) is 5.56. The number of carboxylic acids is 1. The fourth-order valence-electron chi connectivity index (χ4n) is 0.446. The lowest BCUT2D eigenvalue weighted by Gasteiger charge is -1.84. The summed E-state index contributed by atoms with van der Waals surface area (Å²) >= 11 is 6.69. The van der Waals surface area contributed by atoms with Gasteiger partial charge in [0.25, 0.3) is 0 Å². The van der Waals surface area contributed by atoms with Gasteiger partial charge in [-0.25, -0.2) is 4.79 Å². The molecule has 0 aromatic carbocycles. The molecule has 0 fully saturated rings. The van der Waals surface area contributed by atoms with Crippen LogP contribution in [0.4, 0.5) is 0 Å². The molecule has 4 nitrogen and oxygen atoms in total. The number of carbonyl (C=O) groups is 2. The van der Waals surface area contributed by atoms with E-state index in [2.05, 4.69) is 5.73 Å². The zero-order chi connectivity index (χ0) is 9.56. The number of hydrogen-bond acceptors (Lipinski definition) is 3. The van der Waals surface area contributed by atoms with Crippen molar-refractivity contribution in [1.82, 2.24) is 0 Å². The molecule has 0 unspecified atom stereocenters. The molecule has 1 heterocycles. The molecule has 0 bridgehead atoms. The van der Waals surface area contributed by atoms with E-state index >= 15 is 0 Å². The summed E-state index contributed by atoms with van der Waals surface area (Å²) < 4.78 is 0.336. The fourth-order valence-corrected chi connectivity index (χ4v) is 1.35. The van der Waals surface area contributed by atoms with Crippen molar-refractivity contribution in [3.8, 4) is 0 Å². The summed E-state index contributed by atoms with van der Waals surface area (Å²) in [5.74, 6) is -0.971. The Balaban J connectivity index is 0.000000354. The summed E-state index contributed by atoms with van der Waals surface area (Å²) in [7, 11) is 0. The molecular formula is C6H6ClNO3S. The molecule has 0 aliphatic carbocycles. The van der Waals surface area contributed by atoms with Crippen molar-refractivity contribution in [3.05, 3.63) is 21.3 Å². The van der Waals surface area contributed by atoms with E-state index < -0.39 is 5.97 Å². The van der Waals surface area contributed by atoms with Crippen LogP contribution in [0.2, 0.25) is 4.34 Å². The van der Waals surface area contributed by atoms with Gasteiger partial charge < -0.3 is 10.8 Å². The van der Waals surface area contributed by atoms with Gasteiger partial charge in [0.05, 0.1) is 5.56 Å². The molecular weight excluding hydrogens is 202 g/mol. The van der Waals surface area contributed by atoms with Gasteiger partial charge in [-0.05, 0) is 11.4 Å². The maximum Gasteiger partial charge on any atom is 0.338 e. The average molecular weight is 208 g/mol. The predicted molar refractivity (Wildman–Crippen MR) is 46.5 cm³/mol. The minimum absolute atomic E-state index is 0.182. The summed E-state index contributed by atoms with van der Waals surface area (Å²) in [6.45, 7) is 0. The Bertz CT molecular complexity index is 274. The average Bonchev–Trinajstić information content (AvgIpc) is 2.36. The zero-order valence-electron chi connectivity index (χ0n) is 5.86. The molecule has 6 heteroatoms. The lowest BCUT2D eigenvalue weighted by atomic mass is 10.4. The van der Waals surface area contributed by atoms with E-state index in [9.17, 15) is 4.79 Å². The normalized spacial score (nSPS) is 8.08. The third-order valence-corrected chi connectivity index (χ3v) is 2.02. The van der Waals surface area contributed by atoms with Gasteiger partial charge in [-0.3, -0.25) is 4.79 Å². The second-order valence-corrected chi connectivity index (χ2v) is 3.07. The standard InChI is InChI=1S/C5H3ClO2S.CH3NO/c6-4-3(5(7)8)1-2-9-4;2-1-3/h1-2H,(H,7,8);1H,(H2,2,3). The van der Waals surface area contributed by atoms with Crippen molar-refractivity contribution in [2.75, 3.05) is 0 Å². The van der Waals surface area contributed by atoms with Crippen LogP contribution in [0.5, 0.6) is 0 Å². The number of aromatic carboxylic acids is 1. The molecule has 1 rings (SSSR count). The minimum Gasteiger partial charge on any atom is -0.478 e. The Labute approximate surface area is 77.6 Å². The number of thiophene rings is 1. The summed E-state index contributed by atoms with van der Waals surface area (Å²) in [6, 6.07) is 1.48. The molecule has 66 valence electrons. The van der Waals surface area contributed by atoms with Crippen molar-refractivity contribution in [1.29, 1.82) is 0 Å². The van der Waals surface area contributed by atoms with Gasteiger partial charge in [0.1, 0.15) is 4.34 Å². The van der Waals surface area contributed by atoms with Gasteiger partial charge in [0, 0.05) is 0 Å². The van der Waals surface area contributed by atoms with Crippen LogP contribution in [-0.2, 0) is 4.79 Å². The van der Waals surface area contributed by atoms with Crippen LogP contribution in [-0.4, -0.2) is 17.5 Å². The van der Waals surface area contributed by atoms with Crippen LogP contribution in [0.25, 0.3) is 0 Å². The Morgan fingerprint density at radius 3 is 2.42 bits per heavy atom. The number of nitrogens with two attached hydrogens (primary N) is 1. The first kappa shape index (κ1) is 10.9. The smallest absolute Gasteiger partial charge is 0.338 e. The van der Waals surface area contributed by atoms with Crippen molar-refractivity contribution in [3.63, 3.8) is 0 Å². The van der Waals surface area contributed by atoms with E-state index in [1.54, 1.807) is 5.38 Å². The van der Waals surface area contributed by atoms with Crippen molar-refractivity contribution in [2.45, 2.75) is 0 Å². The molecule has 1 aromatic rings. The summed E-state index contributed by atoms with van der Waals surface area (Å²) in [6.07, 6.45) is 0.250. The highest BCUT2D eigenvalue weighted by Crippen LogP contribution is 2.21. The molecule has 0 aliphatic heterocycles. The molecule has 0 spiro atoms. The maximum absolute atomic E-state index is 10.2. The third kappa shape index (κ3) is 3.36. The van der Waals surface area contributed by atoms with Crippen molar-refractivity contribution >= 4 is 35.3 Å². The Kier molecular flexibility index (Phi) is 5.07. The van der Waals surface area contributed by atoms with Gasteiger partial charge in [-0.15, -0.1) is 11.3 Å². The molecule has 12 heavy (non-hydrogen) atoms. The van der Waals surface area contributed by atoms with E-state index in [1.165, 1.54) is 17.4 Å². The van der Waals surface area contributed by atoms with Crippen molar-refractivity contribution < 1.29 is 14.7 Å². The zero-order valence-corrected chi connectivity index (χ0v) is 7.43. The first-order chi connectivity index (χ1) is 5.63. The van der Waals surface area contributed by atoms with E-state index in [-0.39, 0.29) is 12.0 Å². The van der Waals surface area contributed by atoms with Crippen LogP contribution in [0.3, 0.4) is 0 Å². The van der Waals surface area contributed by atoms with Gasteiger partial charge >= 0.3 is 5.97 Å². The predicted octanol–water partition coefficient (Wildman–Crippen LogP) is 1.20. The maximum atomic E-state index is 10.2. The van der Waals surface area contributed by atoms with Gasteiger partial charge in [0.2, 0.25) is 6.41 Å². The lowest BCUT2D eigenvalue weighted by molar-refractivity contribution is -0.106. The molecule has 0 radical (unpaired) electrons. The van der Waals surface area contributed by atoms with Crippen LogP contribution < -0.4 is 5.73 Å². The second-order valence-electron chi connectivity index (χ2n) is 1.55. The molecule has 0 atom stereocenters. The first-order valence-corrected chi connectivity index (χ1v) is 4.01. The molecule has 0 saturated carbocycles. The highest BCUT2D eigenvalue weighted by molar-refractivity contribution is 7.14. The van der Waals surface area contributed by atoms with Crippen LogP contribution in [0.1, 0.15) is 10.4 Å². The van der Waals surface area contributed by atoms with E-state index in [4.69, 9.17) is 21.5 Å². The topological polar surface area (TPSA) is 80.4 Å². The third-order valence-electron chi connectivity index (χ3n) is 0.848. The Morgan fingerprint density at radius 1 is 1.75 bits per heavy atom. The van der Waals surface area contributed by atoms with Gasteiger partial charge in [-0.1, -0.05) is 11.6 Å². The number of carbonyl (C=O) groups excluding carboxylic acids is 1.